The number of hydrogen-bond acceptors (Lipinski definition) is 6. The van der Waals surface area contributed by atoms with E-state index in [4.69, 9.17) is 9.47 Å². The van der Waals surface area contributed by atoms with E-state index < -0.39 is 0 Å². The fourth-order valence-electron chi connectivity index (χ4n) is 2.93. The number of benzene rings is 1. The third-order valence-electron chi connectivity index (χ3n) is 4.38. The number of anilines is 1. The zero-order valence-electron chi connectivity index (χ0n) is 15.9. The Labute approximate surface area is 159 Å². The van der Waals surface area contributed by atoms with Crippen LogP contribution in [-0.4, -0.2) is 60.7 Å². The molecule has 8 heteroatoms. The van der Waals surface area contributed by atoms with Crippen LogP contribution >= 0.6 is 0 Å². The fourth-order valence-corrected chi connectivity index (χ4v) is 2.93. The van der Waals surface area contributed by atoms with Crippen LogP contribution in [0.5, 0.6) is 17.4 Å². The normalized spacial score (nSPS) is 14.0. The molecule has 1 N–H and O–H groups in total. The highest BCUT2D eigenvalue weighted by molar-refractivity contribution is 5.74. The molecule has 144 valence electrons. The third-order valence-corrected chi connectivity index (χ3v) is 4.38. The molecule has 0 unspecified atom stereocenters. The van der Waals surface area contributed by atoms with E-state index in [0.717, 1.165) is 11.4 Å². The number of hydrogen-bond donors (Lipinski definition) is 1. The molecule has 2 heterocycles. The van der Waals surface area contributed by atoms with Gasteiger partial charge in [0.15, 0.2) is 11.5 Å². The van der Waals surface area contributed by atoms with Gasteiger partial charge in [0, 0.05) is 38.8 Å². The largest absolute Gasteiger partial charge is 0.493 e. The van der Waals surface area contributed by atoms with Crippen molar-refractivity contribution in [2.24, 2.45) is 0 Å². The summed E-state index contributed by atoms with van der Waals surface area (Å²) in [6, 6.07) is 7.52. The van der Waals surface area contributed by atoms with Crippen molar-refractivity contribution in [3.8, 4) is 17.4 Å². The molecule has 3 rings (SSSR count). The van der Waals surface area contributed by atoms with Crippen LogP contribution in [0.3, 0.4) is 0 Å². The van der Waals surface area contributed by atoms with Crippen molar-refractivity contribution in [1.29, 1.82) is 0 Å². The fraction of sp³-hybridized carbons (Fsp3) is 0.421. The standard InChI is InChI=1S/C19H25N5O3/c1-4-20-19(25)24-9-7-23(8-10-24)17-12-18(22-13-21-17)27-15-6-5-14(2)11-16(15)26-3/h5-6,11-13H,4,7-10H2,1-3H3,(H,20,25). The van der Waals surface area contributed by atoms with Gasteiger partial charge in [-0.05, 0) is 31.5 Å². The second-order valence-electron chi connectivity index (χ2n) is 6.28. The quantitative estimate of drug-likeness (QED) is 0.870. The number of aromatic nitrogens is 2. The number of nitrogens with one attached hydrogen (secondary N) is 1. The van der Waals surface area contributed by atoms with Crippen molar-refractivity contribution < 1.29 is 14.3 Å². The Bertz CT molecular complexity index is 791. The van der Waals surface area contributed by atoms with Gasteiger partial charge in [0.05, 0.1) is 7.11 Å². The molecule has 0 bridgehead atoms. The predicted octanol–water partition coefficient (Wildman–Crippen LogP) is 2.44. The molecule has 2 amide bonds. The van der Waals surface area contributed by atoms with Crippen LogP contribution in [0.2, 0.25) is 0 Å². The Morgan fingerprint density at radius 3 is 2.63 bits per heavy atom. The molecule has 27 heavy (non-hydrogen) atoms. The second kappa shape index (κ2) is 8.57. The number of nitrogens with zero attached hydrogens (tertiary/aromatic N) is 4. The molecule has 0 saturated carbocycles. The maximum atomic E-state index is 11.9. The Kier molecular flexibility index (Phi) is 5.95. The van der Waals surface area contributed by atoms with Gasteiger partial charge in [0.2, 0.25) is 5.88 Å². The van der Waals surface area contributed by atoms with Crippen molar-refractivity contribution in [1.82, 2.24) is 20.2 Å². The maximum absolute atomic E-state index is 11.9. The lowest BCUT2D eigenvalue weighted by molar-refractivity contribution is 0.195. The first kappa shape index (κ1) is 18.8. The van der Waals surface area contributed by atoms with Crippen molar-refractivity contribution in [3.63, 3.8) is 0 Å². The Balaban J connectivity index is 1.67. The summed E-state index contributed by atoms with van der Waals surface area (Å²) in [5.41, 5.74) is 1.09. The molecule has 1 aliphatic heterocycles. The molecule has 0 aliphatic carbocycles. The number of amides is 2. The van der Waals surface area contributed by atoms with Crippen molar-refractivity contribution in [2.45, 2.75) is 13.8 Å². The first-order valence-electron chi connectivity index (χ1n) is 9.03. The number of rotatable bonds is 5. The van der Waals surface area contributed by atoms with Gasteiger partial charge in [-0.3, -0.25) is 0 Å². The molecule has 1 saturated heterocycles. The number of piperazine rings is 1. The van der Waals surface area contributed by atoms with E-state index >= 15 is 0 Å². The number of ether oxygens (including phenoxy) is 2. The lowest BCUT2D eigenvalue weighted by Crippen LogP contribution is -2.52. The van der Waals surface area contributed by atoms with Gasteiger partial charge in [0.1, 0.15) is 12.1 Å². The lowest BCUT2D eigenvalue weighted by Gasteiger charge is -2.35. The van der Waals surface area contributed by atoms with E-state index in [1.54, 1.807) is 13.2 Å². The third kappa shape index (κ3) is 4.58. The molecule has 2 aromatic rings. The van der Waals surface area contributed by atoms with Crippen LogP contribution < -0.4 is 19.7 Å². The number of carbonyl (C=O) groups excluding carboxylic acids is 1. The minimum atomic E-state index is -0.0182. The maximum Gasteiger partial charge on any atom is 0.317 e. The van der Waals surface area contributed by atoms with E-state index in [0.29, 0.717) is 50.1 Å². The van der Waals surface area contributed by atoms with Crippen LogP contribution in [0.25, 0.3) is 0 Å². The molecule has 1 fully saturated rings. The van der Waals surface area contributed by atoms with Crippen molar-refractivity contribution in [3.05, 3.63) is 36.2 Å². The van der Waals surface area contributed by atoms with Crippen LogP contribution in [0.4, 0.5) is 10.6 Å². The minimum absolute atomic E-state index is 0.0182. The summed E-state index contributed by atoms with van der Waals surface area (Å²) in [5, 5.41) is 2.83. The Morgan fingerprint density at radius 1 is 1.15 bits per heavy atom. The molecule has 8 nitrogen and oxygen atoms in total. The smallest absolute Gasteiger partial charge is 0.317 e. The zero-order valence-corrected chi connectivity index (χ0v) is 15.9. The molecule has 1 aromatic carbocycles. The number of carbonyl (C=O) groups is 1. The van der Waals surface area contributed by atoms with Crippen LogP contribution in [0.1, 0.15) is 12.5 Å². The molecule has 0 atom stereocenters. The highest BCUT2D eigenvalue weighted by Gasteiger charge is 2.22. The van der Waals surface area contributed by atoms with Gasteiger partial charge < -0.3 is 24.6 Å². The average molecular weight is 371 g/mol. The molecular weight excluding hydrogens is 346 g/mol. The first-order valence-corrected chi connectivity index (χ1v) is 9.03. The van der Waals surface area contributed by atoms with Crippen LogP contribution in [0.15, 0.2) is 30.6 Å². The first-order chi connectivity index (χ1) is 13.1. The summed E-state index contributed by atoms with van der Waals surface area (Å²) in [7, 11) is 1.61. The average Bonchev–Trinajstić information content (AvgIpc) is 2.70. The predicted molar refractivity (Wildman–Crippen MR) is 103 cm³/mol. The summed E-state index contributed by atoms with van der Waals surface area (Å²) >= 11 is 0. The number of aryl methyl sites for hydroxylation is 1. The van der Waals surface area contributed by atoms with Crippen LogP contribution in [-0.2, 0) is 0 Å². The highest BCUT2D eigenvalue weighted by atomic mass is 16.5. The van der Waals surface area contributed by atoms with E-state index in [1.165, 1.54) is 6.33 Å². The lowest BCUT2D eigenvalue weighted by atomic mass is 10.2. The summed E-state index contributed by atoms with van der Waals surface area (Å²) < 4.78 is 11.3. The zero-order chi connectivity index (χ0) is 19.2. The van der Waals surface area contributed by atoms with Crippen molar-refractivity contribution >= 4 is 11.8 Å². The van der Waals surface area contributed by atoms with Gasteiger partial charge in [-0.15, -0.1) is 0 Å². The minimum Gasteiger partial charge on any atom is -0.493 e. The van der Waals surface area contributed by atoms with Gasteiger partial charge in [-0.2, -0.15) is 0 Å². The molecule has 1 aromatic heterocycles. The monoisotopic (exact) mass is 371 g/mol. The van der Waals surface area contributed by atoms with E-state index in [9.17, 15) is 4.79 Å². The van der Waals surface area contributed by atoms with Gasteiger partial charge >= 0.3 is 6.03 Å². The summed E-state index contributed by atoms with van der Waals surface area (Å²) in [6.45, 7) is 7.27. The molecular formula is C19H25N5O3. The van der Waals surface area contributed by atoms with Gasteiger partial charge in [0.25, 0.3) is 0 Å². The summed E-state index contributed by atoms with van der Waals surface area (Å²) in [6.07, 6.45) is 1.49. The molecule has 0 spiro atoms. The second-order valence-corrected chi connectivity index (χ2v) is 6.28. The summed E-state index contributed by atoms with van der Waals surface area (Å²) in [4.78, 5) is 24.4. The van der Waals surface area contributed by atoms with Crippen LogP contribution in [0, 0.1) is 6.92 Å². The molecule has 1 aliphatic rings. The van der Waals surface area contributed by atoms with E-state index in [-0.39, 0.29) is 6.03 Å². The Morgan fingerprint density at radius 2 is 1.93 bits per heavy atom. The Hall–Kier alpha value is -3.03. The number of methoxy groups -OCH3 is 1. The van der Waals surface area contributed by atoms with Gasteiger partial charge in [-0.1, -0.05) is 6.07 Å². The van der Waals surface area contributed by atoms with Gasteiger partial charge in [-0.25, -0.2) is 14.8 Å². The summed E-state index contributed by atoms with van der Waals surface area (Å²) in [5.74, 6) is 2.49. The highest BCUT2D eigenvalue weighted by Crippen LogP contribution is 2.32. The van der Waals surface area contributed by atoms with E-state index in [1.807, 2.05) is 36.9 Å². The SMILES string of the molecule is CCNC(=O)N1CCN(c2cc(Oc3ccc(C)cc3OC)ncn2)CC1. The number of urea groups is 1. The molecule has 0 radical (unpaired) electrons. The van der Waals surface area contributed by atoms with E-state index in [2.05, 4.69) is 20.2 Å². The topological polar surface area (TPSA) is 79.8 Å². The van der Waals surface area contributed by atoms with Crippen molar-refractivity contribution in [2.75, 3.05) is 44.7 Å².